The Kier molecular flexibility index (Phi) is 6.16. The van der Waals surface area contributed by atoms with Crippen LogP contribution in [-0.2, 0) is 0 Å². The van der Waals surface area contributed by atoms with Gasteiger partial charge < -0.3 is 0 Å². The molecule has 0 aliphatic heterocycles. The van der Waals surface area contributed by atoms with Gasteiger partial charge in [-0.2, -0.15) is 11.8 Å². The highest BCUT2D eigenvalue weighted by molar-refractivity contribution is 7.99. The van der Waals surface area contributed by atoms with Crippen molar-refractivity contribution in [2.75, 3.05) is 11.5 Å². The zero-order chi connectivity index (χ0) is 11.0. The van der Waals surface area contributed by atoms with Gasteiger partial charge in [0.25, 0.3) is 0 Å². The van der Waals surface area contributed by atoms with Crippen LogP contribution in [0.15, 0.2) is 24.3 Å². The Balaban J connectivity index is 2.04. The SMILES string of the molecule is CCCCCCSCC1(C)C=CC=CC1. The van der Waals surface area contributed by atoms with Crippen LogP contribution in [-0.4, -0.2) is 11.5 Å². The number of rotatable bonds is 7. The van der Waals surface area contributed by atoms with Crippen LogP contribution < -0.4 is 0 Å². The van der Waals surface area contributed by atoms with E-state index in [1.165, 1.54) is 43.6 Å². The van der Waals surface area contributed by atoms with Crippen molar-refractivity contribution in [2.45, 2.75) is 46.0 Å². The molecule has 1 unspecified atom stereocenters. The van der Waals surface area contributed by atoms with Crippen LogP contribution in [0.5, 0.6) is 0 Å². The molecule has 86 valence electrons. The molecule has 0 saturated carbocycles. The molecule has 0 bridgehead atoms. The molecule has 15 heavy (non-hydrogen) atoms. The van der Waals surface area contributed by atoms with E-state index in [0.29, 0.717) is 5.41 Å². The molecule has 0 aromatic heterocycles. The minimum atomic E-state index is 0.421. The van der Waals surface area contributed by atoms with Crippen molar-refractivity contribution >= 4 is 11.8 Å². The largest absolute Gasteiger partial charge is 0.161 e. The predicted molar refractivity (Wildman–Crippen MR) is 72.5 cm³/mol. The quantitative estimate of drug-likeness (QED) is 0.559. The van der Waals surface area contributed by atoms with E-state index in [2.05, 4.69) is 49.9 Å². The van der Waals surface area contributed by atoms with Crippen LogP contribution in [0.25, 0.3) is 0 Å². The first-order chi connectivity index (χ1) is 7.27. The van der Waals surface area contributed by atoms with Crippen molar-refractivity contribution in [3.8, 4) is 0 Å². The van der Waals surface area contributed by atoms with Crippen LogP contribution in [0, 0.1) is 5.41 Å². The highest BCUT2D eigenvalue weighted by Crippen LogP contribution is 2.31. The lowest BCUT2D eigenvalue weighted by molar-refractivity contribution is 0.495. The molecule has 1 aliphatic carbocycles. The molecular formula is C14H24S. The molecule has 0 heterocycles. The lowest BCUT2D eigenvalue weighted by Gasteiger charge is -2.25. The number of hydrogen-bond donors (Lipinski definition) is 0. The Morgan fingerprint density at radius 2 is 2.07 bits per heavy atom. The van der Waals surface area contributed by atoms with E-state index in [1.54, 1.807) is 0 Å². The molecule has 0 amide bonds. The van der Waals surface area contributed by atoms with Gasteiger partial charge in [-0.05, 0) is 24.0 Å². The molecule has 0 nitrogen and oxygen atoms in total. The van der Waals surface area contributed by atoms with E-state index >= 15 is 0 Å². The standard InChI is InChI=1S/C14H24S/c1-3-4-5-9-12-15-13-14(2)10-7-6-8-11-14/h6-8,10H,3-5,9,11-13H2,1-2H3. The fourth-order valence-corrected chi connectivity index (χ4v) is 3.05. The number of thioether (sulfide) groups is 1. The van der Waals surface area contributed by atoms with Crippen LogP contribution in [0.4, 0.5) is 0 Å². The average Bonchev–Trinajstić information content (AvgIpc) is 2.24. The minimum absolute atomic E-state index is 0.421. The summed E-state index contributed by atoms with van der Waals surface area (Å²) in [6.07, 6.45) is 15.8. The van der Waals surface area contributed by atoms with Crippen molar-refractivity contribution in [2.24, 2.45) is 5.41 Å². The van der Waals surface area contributed by atoms with Gasteiger partial charge in [-0.15, -0.1) is 0 Å². The summed E-state index contributed by atoms with van der Waals surface area (Å²) in [4.78, 5) is 0. The van der Waals surface area contributed by atoms with Gasteiger partial charge in [-0.3, -0.25) is 0 Å². The summed E-state index contributed by atoms with van der Waals surface area (Å²) in [5.41, 5.74) is 0.421. The monoisotopic (exact) mass is 224 g/mol. The summed E-state index contributed by atoms with van der Waals surface area (Å²) in [5.74, 6) is 2.62. The van der Waals surface area contributed by atoms with Crippen molar-refractivity contribution < 1.29 is 0 Å². The smallest absolute Gasteiger partial charge is 0.00243 e. The molecule has 1 heteroatoms. The fourth-order valence-electron chi connectivity index (χ4n) is 1.82. The first kappa shape index (κ1) is 12.9. The third-order valence-corrected chi connectivity index (χ3v) is 4.34. The summed E-state index contributed by atoms with van der Waals surface area (Å²) in [5, 5.41) is 0. The molecule has 0 spiro atoms. The van der Waals surface area contributed by atoms with Crippen LogP contribution in [0.1, 0.15) is 46.0 Å². The van der Waals surface area contributed by atoms with Gasteiger partial charge in [0.1, 0.15) is 0 Å². The van der Waals surface area contributed by atoms with E-state index in [1.807, 2.05) is 0 Å². The van der Waals surface area contributed by atoms with Gasteiger partial charge >= 0.3 is 0 Å². The van der Waals surface area contributed by atoms with E-state index in [4.69, 9.17) is 0 Å². The van der Waals surface area contributed by atoms with Crippen molar-refractivity contribution in [3.05, 3.63) is 24.3 Å². The Morgan fingerprint density at radius 1 is 1.20 bits per heavy atom. The second-order valence-corrected chi connectivity index (χ2v) is 5.86. The Morgan fingerprint density at radius 3 is 2.73 bits per heavy atom. The maximum absolute atomic E-state index is 2.37. The summed E-state index contributed by atoms with van der Waals surface area (Å²) < 4.78 is 0. The lowest BCUT2D eigenvalue weighted by atomic mass is 9.86. The molecule has 0 aromatic carbocycles. The number of unbranched alkanes of at least 4 members (excludes halogenated alkanes) is 3. The van der Waals surface area contributed by atoms with Crippen LogP contribution in [0.2, 0.25) is 0 Å². The molecule has 1 atom stereocenters. The number of allylic oxidation sites excluding steroid dienone is 4. The van der Waals surface area contributed by atoms with Crippen molar-refractivity contribution in [1.29, 1.82) is 0 Å². The summed E-state index contributed by atoms with van der Waals surface area (Å²) in [6.45, 7) is 4.64. The topological polar surface area (TPSA) is 0 Å². The van der Waals surface area contributed by atoms with Crippen LogP contribution >= 0.6 is 11.8 Å². The molecule has 0 radical (unpaired) electrons. The predicted octanol–water partition coefficient (Wildman–Crippen LogP) is 4.82. The zero-order valence-corrected chi connectivity index (χ0v) is 11.0. The second-order valence-electron chi connectivity index (χ2n) is 4.76. The fraction of sp³-hybridized carbons (Fsp3) is 0.714. The average molecular weight is 224 g/mol. The Labute approximate surface area is 99.2 Å². The van der Waals surface area contributed by atoms with Gasteiger partial charge in [0, 0.05) is 5.75 Å². The van der Waals surface area contributed by atoms with Crippen molar-refractivity contribution in [1.82, 2.24) is 0 Å². The first-order valence-electron chi connectivity index (χ1n) is 6.19. The lowest BCUT2D eigenvalue weighted by Crippen LogP contribution is -2.17. The normalized spacial score (nSPS) is 24.7. The summed E-state index contributed by atoms with van der Waals surface area (Å²) >= 11 is 2.12. The van der Waals surface area contributed by atoms with E-state index < -0.39 is 0 Å². The van der Waals surface area contributed by atoms with E-state index in [-0.39, 0.29) is 0 Å². The Hall–Kier alpha value is -0.170. The molecular weight excluding hydrogens is 200 g/mol. The third kappa shape index (κ3) is 5.46. The maximum Gasteiger partial charge on any atom is 0.00243 e. The summed E-state index contributed by atoms with van der Waals surface area (Å²) in [7, 11) is 0. The zero-order valence-electron chi connectivity index (χ0n) is 10.2. The van der Waals surface area contributed by atoms with Gasteiger partial charge in [0.2, 0.25) is 0 Å². The number of hydrogen-bond acceptors (Lipinski definition) is 1. The third-order valence-electron chi connectivity index (χ3n) is 2.90. The van der Waals surface area contributed by atoms with Crippen molar-refractivity contribution in [3.63, 3.8) is 0 Å². The summed E-state index contributed by atoms with van der Waals surface area (Å²) in [6, 6.07) is 0. The van der Waals surface area contributed by atoms with Crippen LogP contribution in [0.3, 0.4) is 0 Å². The molecule has 0 N–H and O–H groups in total. The Bertz CT molecular complexity index is 217. The molecule has 0 aromatic rings. The highest BCUT2D eigenvalue weighted by Gasteiger charge is 2.20. The molecule has 1 aliphatic rings. The second kappa shape index (κ2) is 7.16. The van der Waals surface area contributed by atoms with Gasteiger partial charge in [-0.1, -0.05) is 57.4 Å². The first-order valence-corrected chi connectivity index (χ1v) is 7.34. The van der Waals surface area contributed by atoms with E-state index in [0.717, 1.165) is 0 Å². The van der Waals surface area contributed by atoms with Gasteiger partial charge in [-0.25, -0.2) is 0 Å². The highest BCUT2D eigenvalue weighted by atomic mass is 32.2. The maximum atomic E-state index is 2.37. The van der Waals surface area contributed by atoms with Gasteiger partial charge in [0.05, 0.1) is 0 Å². The molecule has 0 saturated heterocycles. The van der Waals surface area contributed by atoms with E-state index in [9.17, 15) is 0 Å². The van der Waals surface area contributed by atoms with Gasteiger partial charge in [0.15, 0.2) is 0 Å². The molecule has 0 fully saturated rings. The minimum Gasteiger partial charge on any atom is -0.161 e. The molecule has 1 rings (SSSR count).